The summed E-state index contributed by atoms with van der Waals surface area (Å²) in [5.74, 6) is -0.756. The van der Waals surface area contributed by atoms with E-state index < -0.39 is 15.9 Å². The molecule has 50 heavy (non-hydrogen) atoms. The molecule has 1 aromatic heterocycles. The number of ketones is 1. The molecule has 4 N–H and O–H groups in total. The zero-order valence-corrected chi connectivity index (χ0v) is 29.5. The number of carbonyl (C=O) groups excluding carboxylic acids is 2. The lowest BCUT2D eigenvalue weighted by Gasteiger charge is -2.27. The topological polar surface area (TPSA) is 147 Å². The molecule has 12 heteroatoms. The van der Waals surface area contributed by atoms with Crippen LogP contribution in [-0.4, -0.2) is 55.8 Å². The Bertz CT molecular complexity index is 2190. The van der Waals surface area contributed by atoms with Crippen molar-refractivity contribution in [3.05, 3.63) is 118 Å². The van der Waals surface area contributed by atoms with E-state index in [0.29, 0.717) is 42.3 Å². The molecule has 1 aliphatic rings. The van der Waals surface area contributed by atoms with Crippen LogP contribution in [0, 0.1) is 0 Å². The average molecular weight is 711 g/mol. The van der Waals surface area contributed by atoms with E-state index in [0.717, 1.165) is 47.8 Å². The highest BCUT2D eigenvalue weighted by atomic mass is 35.5. The summed E-state index contributed by atoms with van der Waals surface area (Å²) in [6, 6.07) is 22.0. The van der Waals surface area contributed by atoms with Crippen LogP contribution in [0.1, 0.15) is 64.1 Å². The Hall–Kier alpha value is -4.68. The molecule has 1 atom stereocenters. The van der Waals surface area contributed by atoms with Crippen molar-refractivity contribution < 1.29 is 18.0 Å². The maximum absolute atomic E-state index is 14.6. The van der Waals surface area contributed by atoms with Gasteiger partial charge in [0.2, 0.25) is 5.95 Å². The molecular weight excluding hydrogens is 672 g/mol. The molecule has 0 aliphatic carbocycles. The van der Waals surface area contributed by atoms with Gasteiger partial charge in [0.15, 0.2) is 5.78 Å². The number of nitrogens with two attached hydrogens (primary N) is 1. The van der Waals surface area contributed by atoms with E-state index in [9.17, 15) is 18.0 Å². The highest BCUT2D eigenvalue weighted by molar-refractivity contribution is 7.90. The highest BCUT2D eigenvalue weighted by Crippen LogP contribution is 2.34. The maximum atomic E-state index is 14.6. The third-order valence-corrected chi connectivity index (χ3v) is 10.5. The van der Waals surface area contributed by atoms with Crippen LogP contribution in [0.15, 0.2) is 90.0 Å². The molecule has 0 fully saturated rings. The second kappa shape index (κ2) is 15.1. The molecule has 0 radical (unpaired) electrons. The van der Waals surface area contributed by atoms with Gasteiger partial charge in [-0.1, -0.05) is 80.0 Å². The molecule has 1 aliphatic heterocycles. The molecule has 10 nitrogen and oxygen atoms in total. The van der Waals surface area contributed by atoms with Crippen LogP contribution < -0.4 is 20.7 Å². The smallest absolute Gasteiger partial charge is 0.265 e. The molecule has 1 unspecified atom stereocenters. The molecule has 0 bridgehead atoms. The zero-order valence-electron chi connectivity index (χ0n) is 27.9. The van der Waals surface area contributed by atoms with Crippen molar-refractivity contribution in [2.45, 2.75) is 50.6 Å². The van der Waals surface area contributed by atoms with Crippen molar-refractivity contribution in [3.63, 3.8) is 0 Å². The molecule has 258 valence electrons. The number of carbonyl (C=O) groups is 2. The predicted octanol–water partition coefficient (Wildman–Crippen LogP) is 5.90. The van der Waals surface area contributed by atoms with Gasteiger partial charge in [-0.25, -0.2) is 23.1 Å². The van der Waals surface area contributed by atoms with Gasteiger partial charge in [-0.3, -0.25) is 9.59 Å². The van der Waals surface area contributed by atoms with Gasteiger partial charge < -0.3 is 16.0 Å². The van der Waals surface area contributed by atoms with E-state index in [2.05, 4.69) is 33.8 Å². The molecule has 0 saturated heterocycles. The maximum Gasteiger partial charge on any atom is 0.265 e. The van der Waals surface area contributed by atoms with Crippen molar-refractivity contribution in [3.8, 4) is 11.3 Å². The van der Waals surface area contributed by atoms with Gasteiger partial charge in [-0.2, -0.15) is 0 Å². The van der Waals surface area contributed by atoms with Gasteiger partial charge in [0.05, 0.1) is 21.8 Å². The number of nitrogens with one attached hydrogen (secondary N) is 2. The number of anilines is 1. The second-order valence-corrected chi connectivity index (χ2v) is 14.4. The molecule has 2 heterocycles. The lowest BCUT2D eigenvalue weighted by atomic mass is 9.86. The van der Waals surface area contributed by atoms with Gasteiger partial charge in [0, 0.05) is 54.5 Å². The fourth-order valence-corrected chi connectivity index (χ4v) is 7.55. The van der Waals surface area contributed by atoms with Gasteiger partial charge in [-0.05, 0) is 65.4 Å². The van der Waals surface area contributed by atoms with Crippen LogP contribution in [0.25, 0.3) is 22.0 Å². The molecule has 6 rings (SSSR count). The lowest BCUT2D eigenvalue weighted by Crippen LogP contribution is -2.41. The fourth-order valence-electron chi connectivity index (χ4n) is 6.34. The number of benzene rings is 4. The number of amides is 1. The van der Waals surface area contributed by atoms with E-state index in [-0.39, 0.29) is 32.9 Å². The average Bonchev–Trinajstić information content (AvgIpc) is 3.13. The number of rotatable bonds is 12. The highest BCUT2D eigenvalue weighted by Gasteiger charge is 2.28. The van der Waals surface area contributed by atoms with Crippen LogP contribution in [0.2, 0.25) is 5.02 Å². The summed E-state index contributed by atoms with van der Waals surface area (Å²) in [6.07, 6.45) is 3.84. The quantitative estimate of drug-likeness (QED) is 0.135. The van der Waals surface area contributed by atoms with E-state index >= 15 is 0 Å². The number of nitrogens with zero attached hydrogens (tertiary/aromatic N) is 3. The summed E-state index contributed by atoms with van der Waals surface area (Å²) in [5, 5.41) is 5.21. The SMILES string of the molecule is CCCN(CCC)c1ncc(Cl)c(-c2ccc(C(=O)NS(=O)(=O)c3ccc4ccccc4c3)cc2C(=O)c2cccc3c2CC(CN)NC3)n1. The largest absolute Gasteiger partial charge is 0.341 e. The molecule has 4 aromatic carbocycles. The fraction of sp³-hybridized carbons (Fsp3) is 0.263. The van der Waals surface area contributed by atoms with Crippen LogP contribution in [0.4, 0.5) is 5.95 Å². The number of hydrogen-bond acceptors (Lipinski definition) is 9. The monoisotopic (exact) mass is 710 g/mol. The number of aromatic nitrogens is 2. The lowest BCUT2D eigenvalue weighted by molar-refractivity contribution is 0.0981. The van der Waals surface area contributed by atoms with Crippen molar-refractivity contribution in [2.75, 3.05) is 24.5 Å². The molecule has 0 spiro atoms. The standard InChI is InChI=1S/C38H39ClN6O4S/c1-3-16-45(17-4-2)38-42-23-34(39)35(43-38)30-15-13-26(37(47)44-50(48,49)29-14-12-24-8-5-6-9-25(24)18-29)19-33(30)36(46)31-11-7-10-27-22-41-28(21-40)20-32(27)31/h5-15,18-19,23,28,41H,3-4,16-17,20-22,40H2,1-2H3,(H,44,47). The van der Waals surface area contributed by atoms with Gasteiger partial charge in [0.25, 0.3) is 15.9 Å². The molecule has 1 amide bonds. The summed E-state index contributed by atoms with van der Waals surface area (Å²) in [5.41, 5.74) is 9.18. The first kappa shape index (κ1) is 35.2. The predicted molar refractivity (Wildman–Crippen MR) is 197 cm³/mol. The van der Waals surface area contributed by atoms with Gasteiger partial charge in [-0.15, -0.1) is 0 Å². The number of fused-ring (bicyclic) bond motifs is 2. The summed E-state index contributed by atoms with van der Waals surface area (Å²) < 4.78 is 29.0. The Balaban J connectivity index is 1.44. The van der Waals surface area contributed by atoms with E-state index in [1.54, 1.807) is 24.3 Å². The minimum Gasteiger partial charge on any atom is -0.341 e. The van der Waals surface area contributed by atoms with Crippen LogP contribution in [-0.2, 0) is 23.0 Å². The summed E-state index contributed by atoms with van der Waals surface area (Å²) >= 11 is 6.73. The first-order valence-corrected chi connectivity index (χ1v) is 18.6. The number of halogens is 1. The van der Waals surface area contributed by atoms with E-state index in [1.807, 2.05) is 30.3 Å². The molecule has 0 saturated carbocycles. The van der Waals surface area contributed by atoms with Crippen molar-refractivity contribution in [2.24, 2.45) is 5.73 Å². The van der Waals surface area contributed by atoms with E-state index in [1.165, 1.54) is 30.5 Å². The second-order valence-electron chi connectivity index (χ2n) is 12.3. The Kier molecular flexibility index (Phi) is 10.6. The third kappa shape index (κ3) is 7.27. The Labute approximate surface area is 297 Å². The van der Waals surface area contributed by atoms with Crippen molar-refractivity contribution in [1.29, 1.82) is 0 Å². The summed E-state index contributed by atoms with van der Waals surface area (Å²) in [6.45, 7) is 6.58. The van der Waals surface area contributed by atoms with Crippen molar-refractivity contribution in [1.82, 2.24) is 20.0 Å². The first-order valence-electron chi connectivity index (χ1n) is 16.7. The molecule has 5 aromatic rings. The van der Waals surface area contributed by atoms with Crippen LogP contribution in [0.3, 0.4) is 0 Å². The number of sulfonamides is 1. The van der Waals surface area contributed by atoms with Crippen molar-refractivity contribution >= 4 is 50.0 Å². The Morgan fingerprint density at radius 2 is 1.72 bits per heavy atom. The van der Waals surface area contributed by atoms with Crippen LogP contribution in [0.5, 0.6) is 0 Å². The first-order chi connectivity index (χ1) is 24.1. The van der Waals surface area contributed by atoms with E-state index in [4.69, 9.17) is 22.3 Å². The summed E-state index contributed by atoms with van der Waals surface area (Å²) in [7, 11) is -4.25. The van der Waals surface area contributed by atoms with Crippen LogP contribution >= 0.6 is 11.6 Å². The molecular formula is C38H39ClN6O4S. The summed E-state index contributed by atoms with van der Waals surface area (Å²) in [4.78, 5) is 39.6. The Morgan fingerprint density at radius 1 is 0.960 bits per heavy atom. The number of hydrogen-bond donors (Lipinski definition) is 3. The third-order valence-electron chi connectivity index (χ3n) is 8.87. The minimum atomic E-state index is -4.25. The zero-order chi connectivity index (χ0) is 35.4. The normalized spacial score (nSPS) is 14.3. The van der Waals surface area contributed by atoms with Gasteiger partial charge >= 0.3 is 0 Å². The van der Waals surface area contributed by atoms with Gasteiger partial charge in [0.1, 0.15) is 0 Å². The Morgan fingerprint density at radius 3 is 2.46 bits per heavy atom. The minimum absolute atomic E-state index is 0.00433.